The van der Waals surface area contributed by atoms with Gasteiger partial charge in [0.2, 0.25) is 0 Å². The first-order valence-electron chi connectivity index (χ1n) is 14.4. The van der Waals surface area contributed by atoms with E-state index in [1.807, 2.05) is 42.5 Å². The highest BCUT2D eigenvalue weighted by Gasteiger charge is 2.18. The van der Waals surface area contributed by atoms with Gasteiger partial charge in [-0.1, -0.05) is 159 Å². The van der Waals surface area contributed by atoms with Crippen molar-refractivity contribution in [3.63, 3.8) is 0 Å². The van der Waals surface area contributed by atoms with E-state index in [0.29, 0.717) is 0 Å². The first kappa shape index (κ1) is 37.5. The van der Waals surface area contributed by atoms with Gasteiger partial charge in [0.15, 0.2) is 0 Å². The first-order chi connectivity index (χ1) is 21.7. The maximum Gasteiger partial charge on any atom is 0.339 e. The molecule has 0 saturated heterocycles. The summed E-state index contributed by atoms with van der Waals surface area (Å²) in [5.74, 6) is -1.16. The number of hydrogen-bond acceptors (Lipinski definition) is 4. The summed E-state index contributed by atoms with van der Waals surface area (Å²) < 4.78 is 9.78. The number of carbonyl (C=O) groups is 2. The molecule has 0 atom stereocenters. The lowest BCUT2D eigenvalue weighted by molar-refractivity contribution is 0.0503. The fourth-order valence-corrected chi connectivity index (χ4v) is 3.58. The predicted molar refractivity (Wildman–Crippen MR) is 191 cm³/mol. The zero-order chi connectivity index (χ0) is 33.5. The Balaban J connectivity index is 0.000000319. The highest BCUT2D eigenvalue weighted by molar-refractivity contribution is 6.03. The average molecular weight is 601 g/mol. The van der Waals surface area contributed by atoms with E-state index < -0.39 is 11.9 Å². The predicted octanol–water partition coefficient (Wildman–Crippen LogP) is 10.3. The average Bonchev–Trinajstić information content (AvgIpc) is 3.07. The number of rotatable bonds is 9. The topological polar surface area (TPSA) is 52.6 Å². The standard InChI is InChI=1S/C14H14O4.3C9H10/c1-3-9-17-13(15)11-7-5-6-8-12(11)14(16)18-10-4-2;1-3-9-6-4-8(2)5-7-9;1-3-9-6-4-5-8(2)7-9;1-3-9-7-5-4-6-8(9)2/h3-8H,1-2,9-10H2;3*3-7H,1H2,2H3. The molecule has 0 aliphatic carbocycles. The van der Waals surface area contributed by atoms with Crippen molar-refractivity contribution in [1.82, 2.24) is 0 Å². The van der Waals surface area contributed by atoms with Crippen molar-refractivity contribution in [2.24, 2.45) is 0 Å². The summed E-state index contributed by atoms with van der Waals surface area (Å²) >= 11 is 0. The number of aryl methyl sites for hydroxylation is 3. The molecular formula is C41H44O4. The van der Waals surface area contributed by atoms with E-state index in [2.05, 4.69) is 102 Å². The molecule has 0 unspecified atom stereocenters. The minimum atomic E-state index is -0.582. The first-order valence-corrected chi connectivity index (χ1v) is 14.4. The molecule has 0 aromatic heterocycles. The number of benzene rings is 4. The molecule has 0 bridgehead atoms. The van der Waals surface area contributed by atoms with Crippen LogP contribution in [0.25, 0.3) is 18.2 Å². The SMILES string of the molecule is C=CCOC(=O)c1ccccc1C(=O)OCC=C.C=Cc1ccc(C)cc1.C=Cc1cccc(C)c1.C=Cc1ccccc1C. The molecule has 45 heavy (non-hydrogen) atoms. The summed E-state index contributed by atoms with van der Waals surface area (Å²) in [4.78, 5) is 23.4. The van der Waals surface area contributed by atoms with E-state index >= 15 is 0 Å². The summed E-state index contributed by atoms with van der Waals surface area (Å²) in [7, 11) is 0. The van der Waals surface area contributed by atoms with Crippen LogP contribution in [0.2, 0.25) is 0 Å². The lowest BCUT2D eigenvalue weighted by atomic mass is 10.1. The van der Waals surface area contributed by atoms with Gasteiger partial charge < -0.3 is 9.47 Å². The van der Waals surface area contributed by atoms with Crippen LogP contribution >= 0.6 is 0 Å². The number of carbonyl (C=O) groups excluding carboxylic acids is 2. The van der Waals surface area contributed by atoms with Crippen molar-refractivity contribution in [1.29, 1.82) is 0 Å². The smallest absolute Gasteiger partial charge is 0.339 e. The van der Waals surface area contributed by atoms with Gasteiger partial charge in [0.1, 0.15) is 13.2 Å². The van der Waals surface area contributed by atoms with Crippen LogP contribution in [-0.2, 0) is 9.47 Å². The summed E-state index contributed by atoms with van der Waals surface area (Å²) in [5, 5.41) is 0. The largest absolute Gasteiger partial charge is 0.458 e. The van der Waals surface area contributed by atoms with Gasteiger partial charge in [-0.3, -0.25) is 0 Å². The minimum Gasteiger partial charge on any atom is -0.458 e. The molecule has 0 aliphatic rings. The molecule has 0 spiro atoms. The third kappa shape index (κ3) is 15.0. The summed E-state index contributed by atoms with van der Waals surface area (Å²) in [5.41, 5.74) is 7.80. The maximum atomic E-state index is 11.7. The molecule has 4 nitrogen and oxygen atoms in total. The molecular weight excluding hydrogens is 556 g/mol. The van der Waals surface area contributed by atoms with Crippen LogP contribution in [0.5, 0.6) is 0 Å². The molecule has 4 rings (SSSR count). The molecule has 0 N–H and O–H groups in total. The number of hydrogen-bond donors (Lipinski definition) is 0. The van der Waals surface area contributed by atoms with Crippen molar-refractivity contribution in [2.75, 3.05) is 13.2 Å². The van der Waals surface area contributed by atoms with Crippen LogP contribution in [-0.4, -0.2) is 25.2 Å². The van der Waals surface area contributed by atoms with Crippen molar-refractivity contribution < 1.29 is 19.1 Å². The molecule has 0 amide bonds. The van der Waals surface area contributed by atoms with Crippen molar-refractivity contribution in [2.45, 2.75) is 20.8 Å². The van der Waals surface area contributed by atoms with Crippen LogP contribution in [0, 0.1) is 20.8 Å². The van der Waals surface area contributed by atoms with E-state index in [4.69, 9.17) is 9.47 Å². The highest BCUT2D eigenvalue weighted by atomic mass is 16.5. The van der Waals surface area contributed by atoms with Gasteiger partial charge in [-0.25, -0.2) is 9.59 Å². The van der Waals surface area contributed by atoms with Gasteiger partial charge in [0.25, 0.3) is 0 Å². The quantitative estimate of drug-likeness (QED) is 0.142. The second-order valence-electron chi connectivity index (χ2n) is 9.61. The van der Waals surface area contributed by atoms with E-state index in [-0.39, 0.29) is 24.3 Å². The molecule has 0 aliphatic heterocycles. The van der Waals surface area contributed by atoms with Gasteiger partial charge in [-0.2, -0.15) is 0 Å². The fraction of sp³-hybridized carbons (Fsp3) is 0.122. The van der Waals surface area contributed by atoms with E-state index in [1.54, 1.807) is 12.1 Å². The number of ether oxygens (including phenoxy) is 2. The van der Waals surface area contributed by atoms with Gasteiger partial charge in [0.05, 0.1) is 11.1 Å². The summed E-state index contributed by atoms with van der Waals surface area (Å²) in [6.07, 6.45) is 8.48. The lowest BCUT2D eigenvalue weighted by Crippen LogP contribution is -2.14. The molecule has 0 fully saturated rings. The molecule has 4 aromatic rings. The van der Waals surface area contributed by atoms with E-state index in [9.17, 15) is 9.59 Å². The van der Waals surface area contributed by atoms with Crippen LogP contribution in [0.1, 0.15) is 54.1 Å². The van der Waals surface area contributed by atoms with Crippen LogP contribution < -0.4 is 0 Å². The molecule has 232 valence electrons. The van der Waals surface area contributed by atoms with Crippen LogP contribution in [0.15, 0.2) is 142 Å². The van der Waals surface area contributed by atoms with E-state index in [0.717, 1.165) is 0 Å². The Morgan fingerprint density at radius 2 is 1.07 bits per heavy atom. The lowest BCUT2D eigenvalue weighted by Gasteiger charge is -2.07. The molecule has 4 aromatic carbocycles. The minimum absolute atomic E-state index is 0.0921. The van der Waals surface area contributed by atoms with Gasteiger partial charge in [-0.05, 0) is 55.2 Å². The summed E-state index contributed by atoms with van der Waals surface area (Å²) in [6.45, 7) is 24.3. The zero-order valence-electron chi connectivity index (χ0n) is 26.7. The summed E-state index contributed by atoms with van der Waals surface area (Å²) in [6, 6.07) is 31.0. The van der Waals surface area contributed by atoms with Gasteiger partial charge >= 0.3 is 11.9 Å². The second-order valence-corrected chi connectivity index (χ2v) is 9.61. The molecule has 4 heteroatoms. The Morgan fingerprint density at radius 1 is 0.556 bits per heavy atom. The Morgan fingerprint density at radius 3 is 1.47 bits per heavy atom. The Bertz CT molecular complexity index is 1500. The fourth-order valence-electron chi connectivity index (χ4n) is 3.58. The molecule has 0 radical (unpaired) electrons. The normalized spacial score (nSPS) is 9.13. The van der Waals surface area contributed by atoms with Gasteiger partial charge in [-0.15, -0.1) is 0 Å². The third-order valence-electron chi connectivity index (χ3n) is 6.03. The zero-order valence-corrected chi connectivity index (χ0v) is 26.7. The van der Waals surface area contributed by atoms with Crippen molar-refractivity contribution in [3.05, 3.63) is 187 Å². The molecule has 0 saturated carbocycles. The maximum absolute atomic E-state index is 11.7. The van der Waals surface area contributed by atoms with Crippen molar-refractivity contribution >= 4 is 30.2 Å². The number of esters is 2. The van der Waals surface area contributed by atoms with E-state index in [1.165, 1.54) is 57.7 Å². The Hall–Kier alpha value is -5.48. The molecule has 0 heterocycles. The Labute approximate surface area is 269 Å². The Kier molecular flexibility index (Phi) is 18.4. The van der Waals surface area contributed by atoms with Crippen LogP contribution in [0.3, 0.4) is 0 Å². The van der Waals surface area contributed by atoms with Crippen molar-refractivity contribution in [3.8, 4) is 0 Å². The van der Waals surface area contributed by atoms with Crippen LogP contribution in [0.4, 0.5) is 0 Å². The third-order valence-corrected chi connectivity index (χ3v) is 6.03. The second kappa shape index (κ2) is 22.1. The highest BCUT2D eigenvalue weighted by Crippen LogP contribution is 2.12. The van der Waals surface area contributed by atoms with Gasteiger partial charge in [0, 0.05) is 0 Å². The monoisotopic (exact) mass is 600 g/mol.